The maximum atomic E-state index is 12.6. The molecule has 0 unspecified atom stereocenters. The lowest BCUT2D eigenvalue weighted by Crippen LogP contribution is -2.33. The number of hydrogen-bond donors (Lipinski definition) is 2. The number of imide groups is 1. The number of nitro groups is 1. The van der Waals surface area contributed by atoms with Crippen LogP contribution in [0.25, 0.3) is 0 Å². The number of amides is 4. The Kier molecular flexibility index (Phi) is 5.27. The number of carbonyl (C=O) groups excluding carboxylic acids is 4. The van der Waals surface area contributed by atoms with Gasteiger partial charge in [-0.3, -0.25) is 34.2 Å². The number of carbonyl (C=O) groups is 4. The van der Waals surface area contributed by atoms with Gasteiger partial charge in [0.25, 0.3) is 23.4 Å². The largest absolute Gasteiger partial charge is 0.365 e. The summed E-state index contributed by atoms with van der Waals surface area (Å²) in [7, 11) is 0. The van der Waals surface area contributed by atoms with E-state index in [0.29, 0.717) is 10.6 Å². The minimum Gasteiger partial charge on any atom is -0.365 e. The monoisotopic (exact) mass is 442 g/mol. The van der Waals surface area contributed by atoms with Gasteiger partial charge in [0.2, 0.25) is 5.91 Å². The zero-order valence-electron chi connectivity index (χ0n) is 16.3. The lowest BCUT2D eigenvalue weighted by molar-refractivity contribution is -0.385. The summed E-state index contributed by atoms with van der Waals surface area (Å²) in [6.45, 7) is -0.244. The Bertz CT molecular complexity index is 1150. The number of anilines is 1. The van der Waals surface area contributed by atoms with E-state index in [0.717, 1.165) is 47.1 Å². The van der Waals surface area contributed by atoms with Crippen LogP contribution in [0.1, 0.15) is 60.8 Å². The summed E-state index contributed by atoms with van der Waals surface area (Å²) in [5, 5.41) is 14.2. The Morgan fingerprint density at radius 1 is 1.19 bits per heavy atom. The van der Waals surface area contributed by atoms with Crippen molar-refractivity contribution in [1.29, 1.82) is 0 Å². The summed E-state index contributed by atoms with van der Waals surface area (Å²) in [5.41, 5.74) is 5.96. The molecule has 1 aliphatic carbocycles. The number of aryl methyl sites for hydroxylation is 1. The van der Waals surface area contributed by atoms with Crippen molar-refractivity contribution in [2.24, 2.45) is 5.73 Å². The number of fused-ring (bicyclic) bond motifs is 2. The molecule has 0 saturated heterocycles. The first-order valence-electron chi connectivity index (χ1n) is 9.67. The lowest BCUT2D eigenvalue weighted by atomic mass is 9.95. The van der Waals surface area contributed by atoms with Gasteiger partial charge in [-0.1, -0.05) is 6.07 Å². The summed E-state index contributed by atoms with van der Waals surface area (Å²) < 4.78 is 0. The molecule has 2 heterocycles. The van der Waals surface area contributed by atoms with Crippen molar-refractivity contribution in [3.8, 4) is 0 Å². The molecule has 31 heavy (non-hydrogen) atoms. The van der Waals surface area contributed by atoms with Crippen LogP contribution in [0.4, 0.5) is 10.7 Å². The highest BCUT2D eigenvalue weighted by Gasteiger charge is 2.40. The van der Waals surface area contributed by atoms with Gasteiger partial charge in [-0.15, -0.1) is 11.3 Å². The second-order valence-electron chi connectivity index (χ2n) is 7.30. The van der Waals surface area contributed by atoms with Crippen molar-refractivity contribution < 1.29 is 24.1 Å². The molecule has 3 N–H and O–H groups in total. The zero-order chi connectivity index (χ0) is 22.3. The molecule has 1 aliphatic heterocycles. The van der Waals surface area contributed by atoms with Crippen molar-refractivity contribution in [2.75, 3.05) is 11.9 Å². The van der Waals surface area contributed by atoms with Gasteiger partial charge in [0, 0.05) is 23.9 Å². The molecular formula is C20H18N4O6S. The molecule has 160 valence electrons. The molecule has 1 aromatic heterocycles. The molecule has 10 nitrogen and oxygen atoms in total. The predicted octanol–water partition coefficient (Wildman–Crippen LogP) is 2.26. The van der Waals surface area contributed by atoms with Crippen LogP contribution in [-0.4, -0.2) is 40.0 Å². The molecule has 2 aromatic rings. The van der Waals surface area contributed by atoms with Crippen LogP contribution < -0.4 is 11.1 Å². The molecule has 2 aliphatic rings. The van der Waals surface area contributed by atoms with E-state index in [-0.39, 0.29) is 24.1 Å². The van der Waals surface area contributed by atoms with Gasteiger partial charge in [0.15, 0.2) is 0 Å². The predicted molar refractivity (Wildman–Crippen MR) is 111 cm³/mol. The van der Waals surface area contributed by atoms with Gasteiger partial charge in [0.1, 0.15) is 10.6 Å². The van der Waals surface area contributed by atoms with Gasteiger partial charge in [0.05, 0.1) is 16.1 Å². The normalized spacial score (nSPS) is 14.9. The molecule has 0 fully saturated rings. The van der Waals surface area contributed by atoms with E-state index in [4.69, 9.17) is 5.73 Å². The first kappa shape index (κ1) is 20.7. The third-order valence-electron chi connectivity index (χ3n) is 5.41. The Hall–Kier alpha value is -3.60. The number of rotatable bonds is 6. The minimum absolute atomic E-state index is 0.0541. The summed E-state index contributed by atoms with van der Waals surface area (Å²) in [5.74, 6) is -2.58. The first-order valence-corrected chi connectivity index (χ1v) is 10.5. The third-order valence-corrected chi connectivity index (χ3v) is 6.61. The summed E-state index contributed by atoms with van der Waals surface area (Å²) >= 11 is 1.32. The Morgan fingerprint density at radius 3 is 2.65 bits per heavy atom. The van der Waals surface area contributed by atoms with Crippen molar-refractivity contribution in [2.45, 2.75) is 32.1 Å². The number of nitrogens with two attached hydrogens (primary N) is 1. The zero-order valence-corrected chi connectivity index (χ0v) is 17.1. The molecule has 0 saturated carbocycles. The maximum absolute atomic E-state index is 12.6. The Balaban J connectivity index is 1.48. The van der Waals surface area contributed by atoms with Crippen molar-refractivity contribution >= 4 is 45.7 Å². The van der Waals surface area contributed by atoms with E-state index in [9.17, 15) is 29.3 Å². The van der Waals surface area contributed by atoms with E-state index in [1.165, 1.54) is 23.5 Å². The van der Waals surface area contributed by atoms with Crippen LogP contribution in [0.2, 0.25) is 0 Å². The molecule has 0 atom stereocenters. The maximum Gasteiger partial charge on any atom is 0.282 e. The first-order chi connectivity index (χ1) is 14.8. The fourth-order valence-electron chi connectivity index (χ4n) is 3.99. The van der Waals surface area contributed by atoms with Crippen molar-refractivity contribution in [3.05, 3.63) is 55.4 Å². The van der Waals surface area contributed by atoms with Crippen LogP contribution in [0.15, 0.2) is 18.2 Å². The summed E-state index contributed by atoms with van der Waals surface area (Å²) in [6, 6.07) is 3.84. The summed E-state index contributed by atoms with van der Waals surface area (Å²) in [4.78, 5) is 61.9. The number of thiophene rings is 1. The second kappa shape index (κ2) is 7.91. The molecule has 11 heteroatoms. The Morgan fingerprint density at radius 2 is 1.94 bits per heavy atom. The fraction of sp³-hybridized carbons (Fsp3) is 0.300. The third kappa shape index (κ3) is 3.56. The smallest absolute Gasteiger partial charge is 0.282 e. The van der Waals surface area contributed by atoms with Crippen LogP contribution in [0, 0.1) is 10.1 Å². The summed E-state index contributed by atoms with van der Waals surface area (Å²) in [6.07, 6.45) is 3.28. The van der Waals surface area contributed by atoms with Crippen molar-refractivity contribution in [3.63, 3.8) is 0 Å². The van der Waals surface area contributed by atoms with Gasteiger partial charge in [-0.25, -0.2) is 0 Å². The van der Waals surface area contributed by atoms with Crippen LogP contribution in [0.5, 0.6) is 0 Å². The van der Waals surface area contributed by atoms with Gasteiger partial charge in [-0.2, -0.15) is 0 Å². The van der Waals surface area contributed by atoms with Crippen molar-refractivity contribution in [1.82, 2.24) is 4.90 Å². The minimum atomic E-state index is -0.801. The van der Waals surface area contributed by atoms with E-state index < -0.39 is 34.2 Å². The van der Waals surface area contributed by atoms with E-state index in [2.05, 4.69) is 5.32 Å². The van der Waals surface area contributed by atoms with Gasteiger partial charge in [-0.05, 0) is 37.3 Å². The molecule has 0 bridgehead atoms. The SMILES string of the molecule is NC(=O)c1c(NC(=O)CCN2C(=O)c3cccc([N+](=O)[O-])c3C2=O)sc2c1CCCC2. The molecule has 1 aromatic carbocycles. The number of primary amides is 1. The molecule has 4 rings (SSSR count). The highest BCUT2D eigenvalue weighted by molar-refractivity contribution is 7.17. The molecule has 0 spiro atoms. The highest BCUT2D eigenvalue weighted by atomic mass is 32.1. The van der Waals surface area contributed by atoms with E-state index >= 15 is 0 Å². The number of nitrogens with one attached hydrogen (secondary N) is 1. The van der Waals surface area contributed by atoms with E-state index in [1.807, 2.05) is 0 Å². The lowest BCUT2D eigenvalue weighted by Gasteiger charge is -2.13. The van der Waals surface area contributed by atoms with Crippen LogP contribution >= 0.6 is 11.3 Å². The molecular weight excluding hydrogens is 424 g/mol. The van der Waals surface area contributed by atoms with Gasteiger partial charge >= 0.3 is 0 Å². The molecule has 4 amide bonds. The number of nitrogens with zero attached hydrogens (tertiary/aromatic N) is 2. The van der Waals surface area contributed by atoms with Gasteiger partial charge < -0.3 is 11.1 Å². The topological polar surface area (TPSA) is 153 Å². The Labute approximate surface area is 180 Å². The quantitative estimate of drug-likeness (QED) is 0.397. The fourth-order valence-corrected chi connectivity index (χ4v) is 5.30. The number of benzene rings is 1. The average molecular weight is 442 g/mol. The highest BCUT2D eigenvalue weighted by Crippen LogP contribution is 2.38. The van der Waals surface area contributed by atoms with Crippen LogP contribution in [0.3, 0.4) is 0 Å². The van der Waals surface area contributed by atoms with E-state index in [1.54, 1.807) is 0 Å². The average Bonchev–Trinajstić information content (AvgIpc) is 3.21. The number of hydrogen-bond acceptors (Lipinski definition) is 7. The van der Waals surface area contributed by atoms with Crippen LogP contribution in [-0.2, 0) is 17.6 Å². The molecule has 0 radical (unpaired) electrons. The standard InChI is InChI=1S/C20H18N4O6S/c21-17(26)16-10-4-1-2-7-13(10)31-18(16)22-14(25)8-9-23-19(27)11-5-3-6-12(24(29)30)15(11)20(23)28/h3,5-6H,1-2,4,7-9H2,(H2,21,26)(H,22,25). The number of nitro benzene ring substituents is 1. The second-order valence-corrected chi connectivity index (χ2v) is 8.40.